The van der Waals surface area contributed by atoms with Crippen molar-refractivity contribution in [3.05, 3.63) is 35.4 Å². The summed E-state index contributed by atoms with van der Waals surface area (Å²) in [5, 5.41) is 12.2. The first-order valence-electron chi connectivity index (χ1n) is 5.63. The van der Waals surface area contributed by atoms with Crippen molar-refractivity contribution in [3.8, 4) is 6.07 Å². The molecule has 3 nitrogen and oxygen atoms in total. The van der Waals surface area contributed by atoms with Gasteiger partial charge in [0.15, 0.2) is 0 Å². The van der Waals surface area contributed by atoms with E-state index in [0.717, 1.165) is 19.6 Å². The van der Waals surface area contributed by atoms with Gasteiger partial charge >= 0.3 is 0 Å². The molecule has 0 bridgehead atoms. The minimum absolute atomic E-state index is 0.304. The van der Waals surface area contributed by atoms with Crippen molar-refractivity contribution in [3.63, 3.8) is 0 Å². The molecule has 1 heterocycles. The number of nitrogens with zero attached hydrogens (tertiary/aromatic N) is 1. The molecule has 1 aliphatic heterocycles. The summed E-state index contributed by atoms with van der Waals surface area (Å²) in [6.45, 7) is 3.79. The lowest BCUT2D eigenvalue weighted by molar-refractivity contribution is 0.113. The highest BCUT2D eigenvalue weighted by atomic mass is 16.5. The monoisotopic (exact) mass is 216 g/mol. The molecule has 1 fully saturated rings. The summed E-state index contributed by atoms with van der Waals surface area (Å²) in [6, 6.07) is 10.3. The molecule has 1 saturated heterocycles. The zero-order valence-corrected chi connectivity index (χ0v) is 9.44. The minimum Gasteiger partial charge on any atom is -0.377 e. The van der Waals surface area contributed by atoms with E-state index in [1.54, 1.807) is 0 Å². The Labute approximate surface area is 96.0 Å². The molecule has 2 rings (SSSR count). The Balaban J connectivity index is 1.87. The molecule has 0 aliphatic carbocycles. The van der Waals surface area contributed by atoms with Gasteiger partial charge in [0.2, 0.25) is 0 Å². The number of hydrogen-bond acceptors (Lipinski definition) is 3. The normalized spacial score (nSPS) is 24.2. The van der Waals surface area contributed by atoms with Crippen LogP contribution in [0.2, 0.25) is 0 Å². The lowest BCUT2D eigenvalue weighted by atomic mass is 10.1. The highest BCUT2D eigenvalue weighted by Gasteiger charge is 2.23. The van der Waals surface area contributed by atoms with Crippen LogP contribution in [-0.2, 0) is 11.3 Å². The van der Waals surface area contributed by atoms with Gasteiger partial charge in [-0.1, -0.05) is 12.1 Å². The van der Waals surface area contributed by atoms with Crippen LogP contribution in [0.3, 0.4) is 0 Å². The average Bonchev–Trinajstić information content (AvgIpc) is 2.73. The Morgan fingerprint density at radius 1 is 1.44 bits per heavy atom. The minimum atomic E-state index is 0.304. The van der Waals surface area contributed by atoms with Crippen molar-refractivity contribution < 1.29 is 4.74 Å². The average molecular weight is 216 g/mol. The molecule has 0 spiro atoms. The summed E-state index contributed by atoms with van der Waals surface area (Å²) in [5.74, 6) is 0. The van der Waals surface area contributed by atoms with Gasteiger partial charge in [-0.05, 0) is 31.0 Å². The second-order valence-electron chi connectivity index (χ2n) is 4.16. The van der Waals surface area contributed by atoms with E-state index >= 15 is 0 Å². The highest BCUT2D eigenvalue weighted by Crippen LogP contribution is 2.13. The molecule has 0 aromatic heterocycles. The van der Waals surface area contributed by atoms with Gasteiger partial charge in [0.1, 0.15) is 0 Å². The first-order valence-corrected chi connectivity index (χ1v) is 5.63. The maximum absolute atomic E-state index is 8.68. The summed E-state index contributed by atoms with van der Waals surface area (Å²) in [7, 11) is 0. The van der Waals surface area contributed by atoms with Crippen LogP contribution in [0.25, 0.3) is 0 Å². The number of rotatable bonds is 3. The van der Waals surface area contributed by atoms with Crippen LogP contribution in [-0.4, -0.2) is 18.8 Å². The molecule has 1 aromatic rings. The molecule has 3 heteroatoms. The Kier molecular flexibility index (Phi) is 3.55. The second kappa shape index (κ2) is 5.11. The molecule has 1 N–H and O–H groups in total. The lowest BCUT2D eigenvalue weighted by Gasteiger charge is -2.15. The fourth-order valence-corrected chi connectivity index (χ4v) is 1.95. The Hall–Kier alpha value is -1.37. The maximum Gasteiger partial charge on any atom is 0.0991 e. The predicted octanol–water partition coefficient (Wildman–Crippen LogP) is 1.83. The van der Waals surface area contributed by atoms with Gasteiger partial charge in [0.05, 0.1) is 17.7 Å². The second-order valence-corrected chi connectivity index (χ2v) is 4.16. The third-order valence-corrected chi connectivity index (χ3v) is 3.03. The molecular weight excluding hydrogens is 200 g/mol. The quantitative estimate of drug-likeness (QED) is 0.838. The van der Waals surface area contributed by atoms with Gasteiger partial charge in [0.25, 0.3) is 0 Å². The molecular formula is C13H16N2O. The summed E-state index contributed by atoms with van der Waals surface area (Å²) >= 11 is 0. The van der Waals surface area contributed by atoms with E-state index in [1.165, 1.54) is 5.56 Å². The largest absolute Gasteiger partial charge is 0.377 e. The van der Waals surface area contributed by atoms with Gasteiger partial charge in [-0.25, -0.2) is 0 Å². The van der Waals surface area contributed by atoms with E-state index < -0.39 is 0 Å². The van der Waals surface area contributed by atoms with Crippen LogP contribution in [0.4, 0.5) is 0 Å². The molecule has 0 radical (unpaired) electrons. The van der Waals surface area contributed by atoms with Gasteiger partial charge in [-0.2, -0.15) is 5.26 Å². The summed E-state index contributed by atoms with van der Waals surface area (Å²) in [4.78, 5) is 0. The number of benzene rings is 1. The fourth-order valence-electron chi connectivity index (χ4n) is 1.95. The highest BCUT2D eigenvalue weighted by molar-refractivity contribution is 5.31. The third kappa shape index (κ3) is 2.60. The maximum atomic E-state index is 8.68. The van der Waals surface area contributed by atoms with Crippen molar-refractivity contribution >= 4 is 0 Å². The van der Waals surface area contributed by atoms with Gasteiger partial charge < -0.3 is 10.1 Å². The lowest BCUT2D eigenvalue weighted by Crippen LogP contribution is -2.34. The van der Waals surface area contributed by atoms with Crippen LogP contribution >= 0.6 is 0 Å². The zero-order chi connectivity index (χ0) is 11.4. The molecule has 1 aromatic carbocycles. The molecule has 2 unspecified atom stereocenters. The van der Waals surface area contributed by atoms with Crippen molar-refractivity contribution in [1.29, 1.82) is 5.26 Å². The molecule has 1 aliphatic rings. The first-order chi connectivity index (χ1) is 7.79. The summed E-state index contributed by atoms with van der Waals surface area (Å²) in [6.07, 6.45) is 1.38. The molecule has 0 saturated carbocycles. The number of nitrogens with one attached hydrogen (secondary N) is 1. The van der Waals surface area contributed by atoms with Gasteiger partial charge in [0, 0.05) is 19.2 Å². The fraction of sp³-hybridized carbons (Fsp3) is 0.462. The zero-order valence-electron chi connectivity index (χ0n) is 9.44. The SMILES string of the molecule is CC1OCCC1NCc1ccc(C#N)cc1. The van der Waals surface area contributed by atoms with Crippen molar-refractivity contribution in [2.75, 3.05) is 6.61 Å². The summed E-state index contributed by atoms with van der Waals surface area (Å²) in [5.41, 5.74) is 1.92. The van der Waals surface area contributed by atoms with E-state index in [9.17, 15) is 0 Å². The van der Waals surface area contributed by atoms with E-state index in [2.05, 4.69) is 18.3 Å². The predicted molar refractivity (Wildman–Crippen MR) is 61.8 cm³/mol. The number of ether oxygens (including phenoxy) is 1. The molecule has 84 valence electrons. The Morgan fingerprint density at radius 2 is 2.19 bits per heavy atom. The van der Waals surface area contributed by atoms with Crippen LogP contribution in [0.15, 0.2) is 24.3 Å². The summed E-state index contributed by atoms with van der Waals surface area (Å²) < 4.78 is 5.48. The van der Waals surface area contributed by atoms with E-state index in [0.29, 0.717) is 17.7 Å². The van der Waals surface area contributed by atoms with E-state index in [1.807, 2.05) is 24.3 Å². The Morgan fingerprint density at radius 3 is 2.75 bits per heavy atom. The van der Waals surface area contributed by atoms with E-state index in [-0.39, 0.29) is 0 Å². The standard InChI is InChI=1S/C13H16N2O/c1-10-13(6-7-16-10)15-9-12-4-2-11(8-14)3-5-12/h2-5,10,13,15H,6-7,9H2,1H3. The molecule has 16 heavy (non-hydrogen) atoms. The smallest absolute Gasteiger partial charge is 0.0991 e. The van der Waals surface area contributed by atoms with Crippen molar-refractivity contribution in [2.24, 2.45) is 0 Å². The third-order valence-electron chi connectivity index (χ3n) is 3.03. The molecule has 0 amide bonds. The topological polar surface area (TPSA) is 45.0 Å². The van der Waals surface area contributed by atoms with Crippen molar-refractivity contribution in [1.82, 2.24) is 5.32 Å². The van der Waals surface area contributed by atoms with Crippen LogP contribution in [0.1, 0.15) is 24.5 Å². The first kappa shape index (κ1) is 11.1. The number of hydrogen-bond donors (Lipinski definition) is 1. The van der Waals surface area contributed by atoms with Crippen molar-refractivity contribution in [2.45, 2.75) is 32.0 Å². The van der Waals surface area contributed by atoms with Gasteiger partial charge in [-0.15, -0.1) is 0 Å². The Bertz CT molecular complexity index is 380. The molecule has 2 atom stereocenters. The van der Waals surface area contributed by atoms with E-state index in [4.69, 9.17) is 10.00 Å². The van der Waals surface area contributed by atoms with Gasteiger partial charge in [-0.3, -0.25) is 0 Å². The number of nitriles is 1. The van der Waals surface area contributed by atoms with Crippen LogP contribution in [0.5, 0.6) is 0 Å². The van der Waals surface area contributed by atoms with Crippen LogP contribution < -0.4 is 5.32 Å². The van der Waals surface area contributed by atoms with Crippen LogP contribution in [0, 0.1) is 11.3 Å².